The summed E-state index contributed by atoms with van der Waals surface area (Å²) in [6, 6.07) is 0. The summed E-state index contributed by atoms with van der Waals surface area (Å²) in [5.41, 5.74) is 4.74. The van der Waals surface area contributed by atoms with Crippen molar-refractivity contribution in [2.75, 3.05) is 6.54 Å². The summed E-state index contributed by atoms with van der Waals surface area (Å²) in [5, 5.41) is 9.65. The van der Waals surface area contributed by atoms with Gasteiger partial charge in [0.2, 0.25) is 0 Å². The zero-order valence-corrected chi connectivity index (χ0v) is 9.18. The van der Waals surface area contributed by atoms with Crippen LogP contribution in [0.3, 0.4) is 0 Å². The molecule has 0 heterocycles. The molecule has 0 spiro atoms. The third-order valence-corrected chi connectivity index (χ3v) is 1.48. The zero-order valence-electron chi connectivity index (χ0n) is 9.18. The second-order valence-corrected chi connectivity index (χ2v) is 4.24. The molecule has 1 amide bonds. The molecule has 1 unspecified atom stereocenters. The Balaban J connectivity index is 3.81. The van der Waals surface area contributed by atoms with Gasteiger partial charge in [-0.05, 0) is 20.8 Å². The monoisotopic (exact) mass is 201 g/mol. The Bertz CT molecular complexity index is 221. The number of nitrogens with two attached hydrogens (primary N) is 1. The Labute approximate surface area is 84.5 Å². The van der Waals surface area contributed by atoms with E-state index in [0.717, 1.165) is 0 Å². The predicted molar refractivity (Wildman–Crippen MR) is 55.3 cm³/mol. The van der Waals surface area contributed by atoms with E-state index in [4.69, 9.17) is 15.9 Å². The van der Waals surface area contributed by atoms with Gasteiger partial charge in [0.25, 0.3) is 0 Å². The van der Waals surface area contributed by atoms with Crippen LogP contribution in [-0.4, -0.2) is 24.1 Å². The highest BCUT2D eigenvalue weighted by Crippen LogP contribution is 2.06. The number of rotatable bonds is 3. The van der Waals surface area contributed by atoms with E-state index in [1.54, 1.807) is 27.7 Å². The van der Waals surface area contributed by atoms with Crippen molar-refractivity contribution < 1.29 is 9.53 Å². The first-order valence-corrected chi connectivity index (χ1v) is 4.53. The minimum atomic E-state index is -0.496. The summed E-state index contributed by atoms with van der Waals surface area (Å²) in [4.78, 5) is 11.1. The number of ether oxygens (including phenoxy) is 1. The first kappa shape index (κ1) is 12.7. The molecule has 82 valence electrons. The van der Waals surface area contributed by atoms with Gasteiger partial charge < -0.3 is 15.8 Å². The van der Waals surface area contributed by atoms with Crippen molar-refractivity contribution in [1.82, 2.24) is 5.32 Å². The van der Waals surface area contributed by atoms with Gasteiger partial charge in [-0.25, -0.2) is 4.79 Å². The van der Waals surface area contributed by atoms with Crippen LogP contribution in [-0.2, 0) is 4.74 Å². The van der Waals surface area contributed by atoms with Crippen LogP contribution in [0.15, 0.2) is 0 Å². The Kier molecular flexibility index (Phi) is 4.40. The highest BCUT2D eigenvalue weighted by molar-refractivity contribution is 5.80. The van der Waals surface area contributed by atoms with Crippen LogP contribution in [0.25, 0.3) is 0 Å². The molecule has 5 nitrogen and oxygen atoms in total. The van der Waals surface area contributed by atoms with E-state index in [0.29, 0.717) is 6.54 Å². The molecule has 0 aromatic rings. The number of hydrogen-bond acceptors (Lipinski definition) is 3. The summed E-state index contributed by atoms with van der Waals surface area (Å²) >= 11 is 0. The molecule has 0 aliphatic heterocycles. The van der Waals surface area contributed by atoms with Gasteiger partial charge in [0.1, 0.15) is 5.60 Å². The van der Waals surface area contributed by atoms with E-state index in [2.05, 4.69) is 5.32 Å². The fraction of sp³-hybridized carbons (Fsp3) is 0.778. The molecule has 0 aromatic heterocycles. The van der Waals surface area contributed by atoms with Crippen molar-refractivity contribution in [3.8, 4) is 0 Å². The van der Waals surface area contributed by atoms with E-state index in [1.165, 1.54) is 0 Å². The molecule has 5 heteroatoms. The Hall–Kier alpha value is -1.26. The molecule has 0 aliphatic carbocycles. The maximum absolute atomic E-state index is 11.1. The first-order chi connectivity index (χ1) is 6.22. The van der Waals surface area contributed by atoms with E-state index >= 15 is 0 Å². The SMILES string of the molecule is CC(CNC(=O)OC(C)(C)C)C(=N)N. The summed E-state index contributed by atoms with van der Waals surface area (Å²) in [6.45, 7) is 7.47. The smallest absolute Gasteiger partial charge is 0.407 e. The summed E-state index contributed by atoms with van der Waals surface area (Å²) in [6.07, 6.45) is -0.481. The first-order valence-electron chi connectivity index (χ1n) is 4.53. The third-order valence-electron chi connectivity index (χ3n) is 1.48. The minimum absolute atomic E-state index is 0.0565. The molecular weight excluding hydrogens is 182 g/mol. The molecule has 0 radical (unpaired) electrons. The number of nitrogens with one attached hydrogen (secondary N) is 2. The van der Waals surface area contributed by atoms with Gasteiger partial charge in [0.15, 0.2) is 0 Å². The molecule has 0 aromatic carbocycles. The minimum Gasteiger partial charge on any atom is -0.444 e. The molecule has 0 bridgehead atoms. The average Bonchev–Trinajstić information content (AvgIpc) is 1.96. The number of carbonyl (C=O) groups is 1. The van der Waals surface area contributed by atoms with Gasteiger partial charge in [0, 0.05) is 12.5 Å². The molecule has 1 atom stereocenters. The van der Waals surface area contributed by atoms with Gasteiger partial charge in [-0.2, -0.15) is 0 Å². The van der Waals surface area contributed by atoms with Crippen LogP contribution < -0.4 is 11.1 Å². The average molecular weight is 201 g/mol. The van der Waals surface area contributed by atoms with Crippen LogP contribution in [0.4, 0.5) is 4.79 Å². The molecule has 0 fully saturated rings. The molecular formula is C9H19N3O2. The lowest BCUT2D eigenvalue weighted by molar-refractivity contribution is 0.0524. The molecule has 0 saturated carbocycles. The van der Waals surface area contributed by atoms with Crippen LogP contribution in [0, 0.1) is 11.3 Å². The van der Waals surface area contributed by atoms with Crippen molar-refractivity contribution in [3.63, 3.8) is 0 Å². The number of alkyl carbamates (subject to hydrolysis) is 1. The predicted octanol–water partition coefficient (Wildman–Crippen LogP) is 1.08. The molecule has 0 rings (SSSR count). The van der Waals surface area contributed by atoms with Crippen LogP contribution >= 0.6 is 0 Å². The zero-order chi connectivity index (χ0) is 11.4. The molecule has 0 aliphatic rings. The highest BCUT2D eigenvalue weighted by atomic mass is 16.6. The summed E-state index contributed by atoms with van der Waals surface area (Å²) in [5.74, 6) is -0.108. The molecule has 4 N–H and O–H groups in total. The van der Waals surface area contributed by atoms with E-state index < -0.39 is 11.7 Å². The highest BCUT2D eigenvalue weighted by Gasteiger charge is 2.16. The lowest BCUT2D eigenvalue weighted by Gasteiger charge is -2.20. The maximum atomic E-state index is 11.1. The number of hydrogen-bond donors (Lipinski definition) is 3. The van der Waals surface area contributed by atoms with Gasteiger partial charge in [-0.15, -0.1) is 0 Å². The number of carbonyl (C=O) groups excluding carboxylic acids is 1. The topological polar surface area (TPSA) is 88.2 Å². The van der Waals surface area contributed by atoms with Gasteiger partial charge >= 0.3 is 6.09 Å². The normalized spacial score (nSPS) is 13.1. The second-order valence-electron chi connectivity index (χ2n) is 4.24. The Morgan fingerprint density at radius 3 is 2.43 bits per heavy atom. The van der Waals surface area contributed by atoms with Crippen molar-refractivity contribution in [3.05, 3.63) is 0 Å². The van der Waals surface area contributed by atoms with Gasteiger partial charge in [0.05, 0.1) is 5.84 Å². The quantitative estimate of drug-likeness (QED) is 0.471. The standard InChI is InChI=1S/C9H19N3O2/c1-6(7(10)11)5-12-8(13)14-9(2,3)4/h6H,5H2,1-4H3,(H3,10,11)(H,12,13). The van der Waals surface area contributed by atoms with Crippen molar-refractivity contribution in [2.24, 2.45) is 11.7 Å². The molecule has 14 heavy (non-hydrogen) atoms. The summed E-state index contributed by atoms with van der Waals surface area (Å²) in [7, 11) is 0. The van der Waals surface area contributed by atoms with Gasteiger partial charge in [-0.1, -0.05) is 6.92 Å². The van der Waals surface area contributed by atoms with Gasteiger partial charge in [-0.3, -0.25) is 5.41 Å². The van der Waals surface area contributed by atoms with E-state index in [9.17, 15) is 4.79 Å². The Morgan fingerprint density at radius 1 is 1.57 bits per heavy atom. The fourth-order valence-corrected chi connectivity index (χ4v) is 0.661. The van der Waals surface area contributed by atoms with Crippen LogP contribution in [0.5, 0.6) is 0 Å². The Morgan fingerprint density at radius 2 is 2.07 bits per heavy atom. The number of amides is 1. The van der Waals surface area contributed by atoms with Crippen molar-refractivity contribution >= 4 is 11.9 Å². The number of amidine groups is 1. The van der Waals surface area contributed by atoms with Crippen molar-refractivity contribution in [2.45, 2.75) is 33.3 Å². The summed E-state index contributed by atoms with van der Waals surface area (Å²) < 4.78 is 5.01. The lowest BCUT2D eigenvalue weighted by atomic mass is 10.1. The fourth-order valence-electron chi connectivity index (χ4n) is 0.661. The van der Waals surface area contributed by atoms with Crippen molar-refractivity contribution in [1.29, 1.82) is 5.41 Å². The maximum Gasteiger partial charge on any atom is 0.407 e. The van der Waals surface area contributed by atoms with Crippen LogP contribution in [0.1, 0.15) is 27.7 Å². The second kappa shape index (κ2) is 4.83. The van der Waals surface area contributed by atoms with E-state index in [1.807, 2.05) is 0 Å². The third kappa shape index (κ3) is 6.28. The van der Waals surface area contributed by atoms with Crippen LogP contribution in [0.2, 0.25) is 0 Å². The largest absolute Gasteiger partial charge is 0.444 e. The molecule has 0 saturated heterocycles. The lowest BCUT2D eigenvalue weighted by Crippen LogP contribution is -2.37. The van der Waals surface area contributed by atoms with E-state index in [-0.39, 0.29) is 11.8 Å².